The summed E-state index contributed by atoms with van der Waals surface area (Å²) in [5.74, 6) is -0.865. The van der Waals surface area contributed by atoms with E-state index in [1.54, 1.807) is 6.07 Å². The van der Waals surface area contributed by atoms with E-state index in [2.05, 4.69) is 15.3 Å². The summed E-state index contributed by atoms with van der Waals surface area (Å²) >= 11 is 1.43. The van der Waals surface area contributed by atoms with E-state index in [1.165, 1.54) is 17.4 Å². The predicted molar refractivity (Wildman–Crippen MR) is 78.0 cm³/mol. The molecule has 2 aromatic heterocycles. The topological polar surface area (TPSA) is 47.0 Å². The number of hydrogen-bond acceptors (Lipinski definition) is 5. The molecule has 4 nitrogen and oxygen atoms in total. The molecular formula is C14H11F2N3OS. The third-order valence-corrected chi connectivity index (χ3v) is 3.53. The molecule has 0 aliphatic carbocycles. The maximum absolute atomic E-state index is 13.7. The van der Waals surface area contributed by atoms with E-state index >= 15 is 0 Å². The fourth-order valence-electron chi connectivity index (χ4n) is 1.81. The molecule has 0 saturated heterocycles. The van der Waals surface area contributed by atoms with Crippen molar-refractivity contribution in [1.29, 1.82) is 0 Å². The minimum atomic E-state index is -0.776. The van der Waals surface area contributed by atoms with Crippen molar-refractivity contribution in [1.82, 2.24) is 9.97 Å². The fourth-order valence-corrected chi connectivity index (χ4v) is 2.56. The Bertz CT molecular complexity index is 791. The van der Waals surface area contributed by atoms with Crippen molar-refractivity contribution in [3.63, 3.8) is 0 Å². The summed E-state index contributed by atoms with van der Waals surface area (Å²) in [6.45, 7) is 2.57. The number of ether oxygens (including phenoxy) is 1. The van der Waals surface area contributed by atoms with Gasteiger partial charge in [0.25, 0.3) is 0 Å². The van der Waals surface area contributed by atoms with Gasteiger partial charge in [0.1, 0.15) is 10.6 Å². The zero-order valence-corrected chi connectivity index (χ0v) is 11.9. The van der Waals surface area contributed by atoms with Gasteiger partial charge in [-0.1, -0.05) is 0 Å². The minimum absolute atomic E-state index is 0.0787. The Balaban J connectivity index is 2.04. The number of halogens is 2. The van der Waals surface area contributed by atoms with E-state index in [-0.39, 0.29) is 11.6 Å². The average molecular weight is 307 g/mol. The van der Waals surface area contributed by atoms with Crippen LogP contribution in [0.4, 0.5) is 14.7 Å². The normalized spacial score (nSPS) is 10.8. The van der Waals surface area contributed by atoms with Gasteiger partial charge in [-0.25, -0.2) is 13.8 Å². The number of benzene rings is 1. The van der Waals surface area contributed by atoms with E-state index < -0.39 is 11.6 Å². The maximum Gasteiger partial charge on any atom is 0.233 e. The van der Waals surface area contributed by atoms with Gasteiger partial charge < -0.3 is 10.1 Å². The van der Waals surface area contributed by atoms with Crippen molar-refractivity contribution in [2.75, 3.05) is 11.9 Å². The van der Waals surface area contributed by atoms with Crippen molar-refractivity contribution in [3.8, 4) is 11.6 Å². The second kappa shape index (κ2) is 5.61. The summed E-state index contributed by atoms with van der Waals surface area (Å²) in [5.41, 5.74) is 0. The first-order chi connectivity index (χ1) is 10.2. The second-order valence-corrected chi connectivity index (χ2v) is 5.09. The Kier molecular flexibility index (Phi) is 3.66. The lowest BCUT2D eigenvalue weighted by atomic mass is 10.3. The second-order valence-electron chi connectivity index (χ2n) is 4.20. The summed E-state index contributed by atoms with van der Waals surface area (Å²) in [6.07, 6.45) is 0. The van der Waals surface area contributed by atoms with Crippen molar-refractivity contribution in [2.45, 2.75) is 6.92 Å². The highest BCUT2D eigenvalue weighted by molar-refractivity contribution is 7.16. The Labute approximate surface area is 123 Å². The molecule has 0 atom stereocenters. The first-order valence-electron chi connectivity index (χ1n) is 6.29. The molecule has 0 radical (unpaired) electrons. The lowest BCUT2D eigenvalue weighted by Gasteiger charge is -2.09. The number of nitrogens with zero attached hydrogens (tertiary/aromatic N) is 2. The van der Waals surface area contributed by atoms with Crippen LogP contribution in [0.25, 0.3) is 10.2 Å². The summed E-state index contributed by atoms with van der Waals surface area (Å²) in [7, 11) is 0. The summed E-state index contributed by atoms with van der Waals surface area (Å²) < 4.78 is 32.1. The van der Waals surface area contributed by atoms with Crippen LogP contribution in [0.5, 0.6) is 11.6 Å². The van der Waals surface area contributed by atoms with Crippen LogP contribution in [0.3, 0.4) is 0 Å². The molecule has 3 rings (SSSR count). The Morgan fingerprint density at radius 3 is 2.86 bits per heavy atom. The van der Waals surface area contributed by atoms with Crippen molar-refractivity contribution < 1.29 is 13.5 Å². The third kappa shape index (κ3) is 2.78. The number of hydrogen-bond donors (Lipinski definition) is 1. The lowest BCUT2D eigenvalue weighted by Crippen LogP contribution is -2.03. The summed E-state index contributed by atoms with van der Waals surface area (Å²) in [5, 5.41) is 5.53. The largest absolute Gasteiger partial charge is 0.435 e. The molecule has 2 heterocycles. The highest BCUT2D eigenvalue weighted by Gasteiger charge is 2.13. The van der Waals surface area contributed by atoms with Crippen LogP contribution >= 0.6 is 11.3 Å². The van der Waals surface area contributed by atoms with Crippen LogP contribution in [0.2, 0.25) is 0 Å². The molecule has 1 aromatic carbocycles. The van der Waals surface area contributed by atoms with E-state index in [9.17, 15) is 8.78 Å². The predicted octanol–water partition coefficient (Wildman–Crippen LogP) is 4.19. The van der Waals surface area contributed by atoms with Crippen LogP contribution in [-0.4, -0.2) is 16.5 Å². The molecule has 0 fully saturated rings. The minimum Gasteiger partial charge on any atom is -0.435 e. The number of thiophene rings is 1. The van der Waals surface area contributed by atoms with Crippen LogP contribution in [-0.2, 0) is 0 Å². The summed E-state index contributed by atoms with van der Waals surface area (Å²) in [6, 6.07) is 4.94. The third-order valence-electron chi connectivity index (χ3n) is 2.73. The molecule has 0 saturated carbocycles. The lowest BCUT2D eigenvalue weighted by molar-refractivity contribution is 0.428. The van der Waals surface area contributed by atoms with E-state index in [0.29, 0.717) is 17.9 Å². The van der Waals surface area contributed by atoms with Gasteiger partial charge in [-0.05, 0) is 30.5 Å². The number of anilines is 1. The van der Waals surface area contributed by atoms with Gasteiger partial charge in [-0.3, -0.25) is 0 Å². The van der Waals surface area contributed by atoms with E-state index in [0.717, 1.165) is 17.0 Å². The first kappa shape index (κ1) is 13.7. The van der Waals surface area contributed by atoms with Gasteiger partial charge in [0, 0.05) is 12.6 Å². The van der Waals surface area contributed by atoms with Crippen molar-refractivity contribution >= 4 is 27.5 Å². The molecule has 0 bridgehead atoms. The fraction of sp³-hybridized carbons (Fsp3) is 0.143. The monoisotopic (exact) mass is 307 g/mol. The molecule has 3 aromatic rings. The van der Waals surface area contributed by atoms with Gasteiger partial charge >= 0.3 is 0 Å². The highest BCUT2D eigenvalue weighted by Crippen LogP contribution is 2.32. The molecule has 7 heteroatoms. The Morgan fingerprint density at radius 1 is 1.24 bits per heavy atom. The van der Waals surface area contributed by atoms with E-state index in [1.807, 2.05) is 12.3 Å². The van der Waals surface area contributed by atoms with Gasteiger partial charge in [0.2, 0.25) is 11.8 Å². The van der Waals surface area contributed by atoms with Gasteiger partial charge in [0.05, 0.1) is 5.39 Å². The van der Waals surface area contributed by atoms with Gasteiger partial charge in [-0.15, -0.1) is 11.3 Å². The Morgan fingerprint density at radius 2 is 2.10 bits per heavy atom. The number of nitrogens with one attached hydrogen (secondary N) is 1. The van der Waals surface area contributed by atoms with Gasteiger partial charge in [-0.2, -0.15) is 4.98 Å². The maximum atomic E-state index is 13.7. The molecule has 1 N–H and O–H groups in total. The standard InChI is InChI=1S/C14H11F2N3OS/c1-2-17-14-18-12(9-5-6-21-13(9)19-14)20-11-4-3-8(15)7-10(11)16/h3-7H,2H2,1H3,(H,17,18,19). The molecule has 0 spiro atoms. The molecule has 0 amide bonds. The average Bonchev–Trinajstić information content (AvgIpc) is 2.91. The molecular weight excluding hydrogens is 296 g/mol. The molecule has 21 heavy (non-hydrogen) atoms. The van der Waals surface area contributed by atoms with Crippen LogP contribution in [0.15, 0.2) is 29.6 Å². The number of aromatic nitrogens is 2. The molecule has 108 valence electrons. The molecule has 0 aliphatic heterocycles. The van der Waals surface area contributed by atoms with E-state index in [4.69, 9.17) is 4.74 Å². The van der Waals surface area contributed by atoms with Crippen LogP contribution < -0.4 is 10.1 Å². The molecule has 0 unspecified atom stereocenters. The zero-order chi connectivity index (χ0) is 14.8. The van der Waals surface area contributed by atoms with Gasteiger partial charge in [0.15, 0.2) is 11.6 Å². The highest BCUT2D eigenvalue weighted by atomic mass is 32.1. The first-order valence-corrected chi connectivity index (χ1v) is 7.17. The van der Waals surface area contributed by atoms with Crippen molar-refractivity contribution in [3.05, 3.63) is 41.3 Å². The summed E-state index contributed by atoms with van der Waals surface area (Å²) in [4.78, 5) is 9.28. The number of fused-ring (bicyclic) bond motifs is 1. The van der Waals surface area contributed by atoms with Crippen molar-refractivity contribution in [2.24, 2.45) is 0 Å². The van der Waals surface area contributed by atoms with Crippen LogP contribution in [0, 0.1) is 11.6 Å². The molecule has 0 aliphatic rings. The number of rotatable bonds is 4. The van der Waals surface area contributed by atoms with Crippen LogP contribution in [0.1, 0.15) is 6.92 Å². The Hall–Kier alpha value is -2.28. The smallest absolute Gasteiger partial charge is 0.233 e. The quantitative estimate of drug-likeness (QED) is 0.785. The SMILES string of the molecule is CCNc1nc(Oc2ccc(F)cc2F)c2ccsc2n1. The zero-order valence-electron chi connectivity index (χ0n) is 11.1.